The number of rotatable bonds is 4. The molecule has 1 aromatic rings. The number of pyridine rings is 1. The summed E-state index contributed by atoms with van der Waals surface area (Å²) in [4.78, 5) is 29.9. The van der Waals surface area contributed by atoms with Crippen molar-refractivity contribution in [3.63, 3.8) is 0 Å². The summed E-state index contributed by atoms with van der Waals surface area (Å²) in [5.74, 6) is -0.351. The van der Waals surface area contributed by atoms with Crippen LogP contribution in [-0.4, -0.2) is 47.2 Å². The van der Waals surface area contributed by atoms with E-state index in [1.54, 1.807) is 24.2 Å². The Labute approximate surface area is 155 Å². The molecular weight excluding hydrogens is 332 g/mol. The van der Waals surface area contributed by atoms with E-state index in [1.165, 1.54) is 6.08 Å². The highest BCUT2D eigenvalue weighted by Crippen LogP contribution is 2.37. The fourth-order valence-corrected chi connectivity index (χ4v) is 3.07. The van der Waals surface area contributed by atoms with E-state index in [9.17, 15) is 9.59 Å². The Bertz CT molecular complexity index is 642. The molecule has 0 aromatic carbocycles. The van der Waals surface area contributed by atoms with Crippen LogP contribution in [0.5, 0.6) is 0 Å². The van der Waals surface area contributed by atoms with Crippen molar-refractivity contribution in [3.05, 3.63) is 42.2 Å². The van der Waals surface area contributed by atoms with Gasteiger partial charge in [-0.3, -0.25) is 4.98 Å². The molecule has 0 N–H and O–H groups in total. The Balaban J connectivity index is 2.16. The molecule has 0 unspecified atom stereocenters. The summed E-state index contributed by atoms with van der Waals surface area (Å²) in [7, 11) is 0. The van der Waals surface area contributed by atoms with Gasteiger partial charge in [-0.1, -0.05) is 6.08 Å². The normalized spacial score (nSPS) is 17.2. The number of amides is 1. The first-order valence-electron chi connectivity index (χ1n) is 9.00. The molecule has 26 heavy (non-hydrogen) atoms. The number of esters is 1. The van der Waals surface area contributed by atoms with Gasteiger partial charge >= 0.3 is 12.1 Å². The van der Waals surface area contributed by atoms with Crippen molar-refractivity contribution in [2.75, 3.05) is 19.7 Å². The molecule has 1 fully saturated rings. The zero-order chi connectivity index (χ0) is 19.2. The second kappa shape index (κ2) is 8.34. The van der Waals surface area contributed by atoms with E-state index in [-0.39, 0.29) is 17.5 Å². The molecule has 1 aliphatic heterocycles. The van der Waals surface area contributed by atoms with E-state index >= 15 is 0 Å². The lowest BCUT2D eigenvalue weighted by Gasteiger charge is -2.40. The summed E-state index contributed by atoms with van der Waals surface area (Å²) in [5, 5.41) is 0. The maximum atomic E-state index is 12.3. The number of ether oxygens (including phenoxy) is 2. The zero-order valence-corrected chi connectivity index (χ0v) is 16.0. The number of hydrogen-bond donors (Lipinski definition) is 0. The summed E-state index contributed by atoms with van der Waals surface area (Å²) >= 11 is 0. The molecule has 142 valence electrons. The molecule has 6 heteroatoms. The van der Waals surface area contributed by atoms with E-state index in [0.717, 1.165) is 5.56 Å². The maximum Gasteiger partial charge on any atom is 0.410 e. The minimum atomic E-state index is -0.513. The van der Waals surface area contributed by atoms with Crippen molar-refractivity contribution < 1.29 is 19.1 Å². The van der Waals surface area contributed by atoms with Gasteiger partial charge in [0.25, 0.3) is 0 Å². The molecule has 0 atom stereocenters. The number of allylic oxidation sites excluding steroid dienone is 1. The molecule has 1 amide bonds. The van der Waals surface area contributed by atoms with Crippen LogP contribution in [0, 0.1) is 0 Å². The third-order valence-electron chi connectivity index (χ3n) is 4.39. The monoisotopic (exact) mass is 360 g/mol. The summed E-state index contributed by atoms with van der Waals surface area (Å²) in [6.45, 7) is 8.82. The van der Waals surface area contributed by atoms with Crippen molar-refractivity contribution >= 4 is 12.1 Å². The smallest absolute Gasteiger partial charge is 0.410 e. The Morgan fingerprint density at radius 2 is 1.85 bits per heavy atom. The average molecular weight is 360 g/mol. The van der Waals surface area contributed by atoms with Crippen LogP contribution in [0.25, 0.3) is 0 Å². The van der Waals surface area contributed by atoms with E-state index in [2.05, 4.69) is 4.98 Å². The van der Waals surface area contributed by atoms with Gasteiger partial charge in [0.2, 0.25) is 0 Å². The molecule has 1 saturated heterocycles. The van der Waals surface area contributed by atoms with Crippen molar-refractivity contribution in [1.29, 1.82) is 0 Å². The van der Waals surface area contributed by atoms with Gasteiger partial charge in [0, 0.05) is 37.0 Å². The molecule has 1 aliphatic rings. The number of piperidine rings is 1. The van der Waals surface area contributed by atoms with Crippen LogP contribution in [0.1, 0.15) is 46.1 Å². The molecule has 0 spiro atoms. The quantitative estimate of drug-likeness (QED) is 0.607. The van der Waals surface area contributed by atoms with Crippen LogP contribution in [0.2, 0.25) is 0 Å². The lowest BCUT2D eigenvalue weighted by molar-refractivity contribution is -0.137. The largest absolute Gasteiger partial charge is 0.463 e. The van der Waals surface area contributed by atoms with Crippen molar-refractivity contribution in [3.8, 4) is 0 Å². The van der Waals surface area contributed by atoms with Gasteiger partial charge in [-0.15, -0.1) is 0 Å². The minimum Gasteiger partial charge on any atom is -0.463 e. The Morgan fingerprint density at radius 1 is 1.23 bits per heavy atom. The highest BCUT2D eigenvalue weighted by Gasteiger charge is 2.36. The predicted octanol–water partition coefficient (Wildman–Crippen LogP) is 3.47. The highest BCUT2D eigenvalue weighted by atomic mass is 16.6. The second-order valence-corrected chi connectivity index (χ2v) is 7.44. The van der Waals surface area contributed by atoms with Gasteiger partial charge in [-0.25, -0.2) is 9.59 Å². The Morgan fingerprint density at radius 3 is 2.38 bits per heavy atom. The van der Waals surface area contributed by atoms with Gasteiger partial charge in [0.1, 0.15) is 5.60 Å². The summed E-state index contributed by atoms with van der Waals surface area (Å²) in [6.07, 6.45) is 8.00. The lowest BCUT2D eigenvalue weighted by atomic mass is 9.73. The summed E-state index contributed by atoms with van der Waals surface area (Å²) in [6, 6.07) is 3.91. The van der Waals surface area contributed by atoms with Gasteiger partial charge in [-0.2, -0.15) is 0 Å². The number of likely N-dealkylation sites (tertiary alicyclic amines) is 1. The molecule has 0 saturated carbocycles. The highest BCUT2D eigenvalue weighted by molar-refractivity contribution is 5.82. The van der Waals surface area contributed by atoms with Gasteiger partial charge < -0.3 is 14.4 Å². The number of aromatic nitrogens is 1. The van der Waals surface area contributed by atoms with Gasteiger partial charge in [0.05, 0.1) is 6.61 Å². The Hall–Kier alpha value is -2.37. The molecule has 0 radical (unpaired) electrons. The number of hydrogen-bond acceptors (Lipinski definition) is 5. The van der Waals surface area contributed by atoms with Crippen molar-refractivity contribution in [2.24, 2.45) is 0 Å². The number of carbonyl (C=O) groups excluding carboxylic acids is 2. The minimum absolute atomic E-state index is 0.296. The van der Waals surface area contributed by atoms with Crippen LogP contribution in [0.3, 0.4) is 0 Å². The average Bonchev–Trinajstić information content (AvgIpc) is 2.60. The maximum absolute atomic E-state index is 12.3. The molecule has 0 bridgehead atoms. The summed E-state index contributed by atoms with van der Waals surface area (Å²) in [5.41, 5.74) is 0.242. The third kappa shape index (κ3) is 5.31. The molecule has 0 aliphatic carbocycles. The van der Waals surface area contributed by atoms with Crippen molar-refractivity contribution in [1.82, 2.24) is 9.88 Å². The topological polar surface area (TPSA) is 68.7 Å². The number of nitrogens with zero attached hydrogens (tertiary/aromatic N) is 2. The second-order valence-electron chi connectivity index (χ2n) is 7.44. The van der Waals surface area contributed by atoms with Crippen LogP contribution >= 0.6 is 0 Å². The first-order chi connectivity index (χ1) is 12.3. The molecule has 2 heterocycles. The molecule has 6 nitrogen and oxygen atoms in total. The predicted molar refractivity (Wildman–Crippen MR) is 98.7 cm³/mol. The van der Waals surface area contributed by atoms with Crippen LogP contribution in [0.4, 0.5) is 4.79 Å². The third-order valence-corrected chi connectivity index (χ3v) is 4.39. The van der Waals surface area contributed by atoms with Crippen LogP contribution in [0.15, 0.2) is 36.7 Å². The zero-order valence-electron chi connectivity index (χ0n) is 16.0. The van der Waals surface area contributed by atoms with Crippen molar-refractivity contribution in [2.45, 2.75) is 51.6 Å². The molecule has 2 rings (SSSR count). The lowest BCUT2D eigenvalue weighted by Crippen LogP contribution is -2.46. The first kappa shape index (κ1) is 19.9. The fraction of sp³-hybridized carbons (Fsp3) is 0.550. The van der Waals surface area contributed by atoms with Crippen LogP contribution < -0.4 is 0 Å². The fourth-order valence-electron chi connectivity index (χ4n) is 3.07. The van der Waals surface area contributed by atoms with E-state index in [0.29, 0.717) is 32.5 Å². The van der Waals surface area contributed by atoms with E-state index in [1.807, 2.05) is 39.0 Å². The van der Waals surface area contributed by atoms with E-state index < -0.39 is 5.60 Å². The Kier molecular flexibility index (Phi) is 6.40. The van der Waals surface area contributed by atoms with E-state index in [4.69, 9.17) is 9.47 Å². The van der Waals surface area contributed by atoms with Gasteiger partial charge in [0.15, 0.2) is 0 Å². The number of carbonyl (C=O) groups is 2. The van der Waals surface area contributed by atoms with Crippen LogP contribution in [-0.2, 0) is 19.7 Å². The molecular formula is C20H28N2O4. The SMILES string of the molecule is CCOC(=O)/C=C/C1(c2ccncc2)CCN(C(=O)OC(C)(C)C)CC1. The molecule has 1 aromatic heterocycles. The standard InChI is InChI=1S/C20H28N2O4/c1-5-25-17(23)6-9-20(16-7-12-21-13-8-16)10-14-22(15-11-20)18(24)26-19(2,3)4/h6-9,12-13H,5,10-11,14-15H2,1-4H3/b9-6+. The first-order valence-corrected chi connectivity index (χ1v) is 9.00. The van der Waals surface area contributed by atoms with Gasteiger partial charge in [-0.05, 0) is 58.2 Å². The summed E-state index contributed by atoms with van der Waals surface area (Å²) < 4.78 is 10.5.